The molecule has 0 aromatic heterocycles. The number of thioether (sulfide) groups is 1. The topological polar surface area (TPSA) is 76.1 Å². The van der Waals surface area contributed by atoms with E-state index in [-0.39, 0.29) is 22.8 Å². The van der Waals surface area contributed by atoms with Gasteiger partial charge in [0.25, 0.3) is 11.8 Å². The van der Waals surface area contributed by atoms with Crippen molar-refractivity contribution in [1.82, 2.24) is 0 Å². The molecule has 6 nitrogen and oxygen atoms in total. The molecule has 0 radical (unpaired) electrons. The lowest BCUT2D eigenvalue weighted by Gasteiger charge is -2.16. The van der Waals surface area contributed by atoms with Gasteiger partial charge >= 0.3 is 0 Å². The van der Waals surface area contributed by atoms with Gasteiger partial charge in [-0.25, -0.2) is 13.7 Å². The van der Waals surface area contributed by atoms with Crippen LogP contribution in [0.1, 0.15) is 5.56 Å². The quantitative estimate of drug-likeness (QED) is 0.693. The summed E-state index contributed by atoms with van der Waals surface area (Å²) in [6, 6.07) is 7.18. The van der Waals surface area contributed by atoms with Gasteiger partial charge in [-0.15, -0.1) is 11.8 Å². The van der Waals surface area contributed by atoms with Gasteiger partial charge in [0.2, 0.25) is 0 Å². The van der Waals surface area contributed by atoms with E-state index in [1.807, 2.05) is 0 Å². The van der Waals surface area contributed by atoms with Gasteiger partial charge in [0.15, 0.2) is 11.5 Å². The molecule has 0 atom stereocenters. The fourth-order valence-corrected chi connectivity index (χ4v) is 3.77. The minimum atomic E-state index is -0.909. The number of carbonyl (C=O) groups is 2. The lowest BCUT2D eigenvalue weighted by molar-refractivity contribution is -0.119. The second kappa shape index (κ2) is 8.62. The molecule has 9 heteroatoms. The third-order valence-corrected chi connectivity index (χ3v) is 5.25. The van der Waals surface area contributed by atoms with Crippen LogP contribution in [0.5, 0.6) is 11.5 Å². The average Bonchev–Trinajstić information content (AvgIpc) is 2.97. The molecule has 0 unspecified atom stereocenters. The highest BCUT2D eigenvalue weighted by molar-refractivity contribution is 8.04. The van der Waals surface area contributed by atoms with Gasteiger partial charge in [-0.2, -0.15) is 0 Å². The van der Waals surface area contributed by atoms with Crippen molar-refractivity contribution in [1.29, 1.82) is 0 Å². The normalized spacial score (nSPS) is 14.0. The molecule has 0 aliphatic carbocycles. The molecule has 1 N–H and O–H groups in total. The SMILES string of the molecule is COc1ccc(C2=C(SCCO)C(=O)N(c3cc(F)ccc3F)C2=O)cc1OC. The Bertz CT molecular complexity index is 1010. The van der Waals surface area contributed by atoms with Crippen LogP contribution in [0, 0.1) is 11.6 Å². The number of amides is 2. The summed E-state index contributed by atoms with van der Waals surface area (Å²) in [5.41, 5.74) is -0.114. The summed E-state index contributed by atoms with van der Waals surface area (Å²) in [6.07, 6.45) is 0. The summed E-state index contributed by atoms with van der Waals surface area (Å²) in [6.45, 7) is -0.233. The Morgan fingerprint density at radius 3 is 2.38 bits per heavy atom. The molecule has 2 aromatic carbocycles. The maximum absolute atomic E-state index is 14.3. The van der Waals surface area contributed by atoms with Crippen molar-refractivity contribution >= 4 is 34.8 Å². The van der Waals surface area contributed by atoms with Gasteiger partial charge in [-0.05, 0) is 29.8 Å². The first kappa shape index (κ1) is 20.8. The first-order valence-electron chi connectivity index (χ1n) is 8.47. The molecule has 3 rings (SSSR count). The van der Waals surface area contributed by atoms with Crippen molar-refractivity contribution in [2.45, 2.75) is 0 Å². The van der Waals surface area contributed by atoms with E-state index < -0.39 is 29.1 Å². The number of imide groups is 1. The Kier molecular flexibility index (Phi) is 6.19. The van der Waals surface area contributed by atoms with Crippen molar-refractivity contribution in [3.05, 3.63) is 58.5 Å². The van der Waals surface area contributed by atoms with Crippen LogP contribution in [0.4, 0.5) is 14.5 Å². The van der Waals surface area contributed by atoms with Crippen molar-refractivity contribution < 1.29 is 33.0 Å². The largest absolute Gasteiger partial charge is 0.493 e. The number of benzene rings is 2. The van der Waals surface area contributed by atoms with E-state index in [0.29, 0.717) is 22.0 Å². The van der Waals surface area contributed by atoms with E-state index in [1.54, 1.807) is 12.1 Å². The minimum Gasteiger partial charge on any atom is -0.493 e. The molecule has 0 bridgehead atoms. The van der Waals surface area contributed by atoms with E-state index in [0.717, 1.165) is 30.0 Å². The summed E-state index contributed by atoms with van der Waals surface area (Å²) in [7, 11) is 2.88. The Balaban J connectivity index is 2.14. The van der Waals surface area contributed by atoms with Crippen LogP contribution in [-0.4, -0.2) is 43.5 Å². The summed E-state index contributed by atoms with van der Waals surface area (Å²) in [5, 5.41) is 9.15. The monoisotopic (exact) mass is 421 g/mol. The van der Waals surface area contributed by atoms with Gasteiger partial charge in [0.1, 0.15) is 11.6 Å². The summed E-state index contributed by atoms with van der Waals surface area (Å²) in [5.74, 6) is -2.38. The first-order chi connectivity index (χ1) is 13.9. The number of halogens is 2. The van der Waals surface area contributed by atoms with Gasteiger partial charge in [0, 0.05) is 11.8 Å². The smallest absolute Gasteiger partial charge is 0.272 e. The number of hydrogen-bond donors (Lipinski definition) is 1. The molecule has 0 spiro atoms. The number of carbonyl (C=O) groups excluding carboxylic acids is 2. The Morgan fingerprint density at radius 2 is 1.72 bits per heavy atom. The second-order valence-corrected chi connectivity index (χ2v) is 6.99. The number of rotatable bonds is 7. The van der Waals surface area contributed by atoms with Crippen molar-refractivity contribution in [3.63, 3.8) is 0 Å². The van der Waals surface area contributed by atoms with Gasteiger partial charge in [0.05, 0.1) is 37.0 Å². The zero-order chi connectivity index (χ0) is 21.1. The molecular weight excluding hydrogens is 404 g/mol. The van der Waals surface area contributed by atoms with Crippen molar-refractivity contribution in [2.24, 2.45) is 0 Å². The fourth-order valence-electron chi connectivity index (χ4n) is 2.91. The zero-order valence-corrected chi connectivity index (χ0v) is 16.4. The molecule has 0 saturated heterocycles. The van der Waals surface area contributed by atoms with Gasteiger partial charge < -0.3 is 14.6 Å². The molecule has 2 aromatic rings. The number of aliphatic hydroxyl groups excluding tert-OH is 1. The molecule has 152 valence electrons. The minimum absolute atomic E-state index is 0.0121. The van der Waals surface area contributed by atoms with Crippen LogP contribution < -0.4 is 14.4 Å². The first-order valence-corrected chi connectivity index (χ1v) is 9.45. The van der Waals surface area contributed by atoms with Crippen molar-refractivity contribution in [3.8, 4) is 11.5 Å². The van der Waals surface area contributed by atoms with Crippen LogP contribution in [0.15, 0.2) is 41.3 Å². The Hall–Kier alpha value is -2.91. The molecule has 0 saturated carbocycles. The number of methoxy groups -OCH3 is 2. The highest BCUT2D eigenvalue weighted by atomic mass is 32.2. The zero-order valence-electron chi connectivity index (χ0n) is 15.6. The lowest BCUT2D eigenvalue weighted by Crippen LogP contribution is -2.32. The Morgan fingerprint density at radius 1 is 1.00 bits per heavy atom. The van der Waals surface area contributed by atoms with Crippen LogP contribution in [-0.2, 0) is 9.59 Å². The highest BCUT2D eigenvalue weighted by Gasteiger charge is 2.41. The molecule has 1 heterocycles. The van der Waals surface area contributed by atoms with Crippen LogP contribution in [0.2, 0.25) is 0 Å². The van der Waals surface area contributed by atoms with E-state index >= 15 is 0 Å². The van der Waals surface area contributed by atoms with Crippen LogP contribution >= 0.6 is 11.8 Å². The van der Waals surface area contributed by atoms with Gasteiger partial charge in [-0.3, -0.25) is 9.59 Å². The van der Waals surface area contributed by atoms with Gasteiger partial charge in [-0.1, -0.05) is 6.07 Å². The van der Waals surface area contributed by atoms with Crippen molar-refractivity contribution in [2.75, 3.05) is 31.5 Å². The maximum atomic E-state index is 14.3. The standard InChI is InChI=1S/C20H17F2NO5S/c1-27-15-6-3-11(9-16(15)28-2)17-18(29-8-7-24)20(26)23(19(17)25)14-10-12(21)4-5-13(14)22/h3-6,9-10,24H,7-8H2,1-2H3. The van der Waals surface area contributed by atoms with E-state index in [2.05, 4.69) is 0 Å². The third-order valence-electron chi connectivity index (χ3n) is 4.20. The summed E-state index contributed by atoms with van der Waals surface area (Å²) < 4.78 is 38.4. The predicted molar refractivity (Wildman–Crippen MR) is 105 cm³/mol. The fraction of sp³-hybridized carbons (Fsp3) is 0.200. The number of anilines is 1. The number of ether oxygens (including phenoxy) is 2. The molecular formula is C20H17F2NO5S. The molecule has 29 heavy (non-hydrogen) atoms. The highest BCUT2D eigenvalue weighted by Crippen LogP contribution is 2.41. The Labute approximate surface area is 169 Å². The third kappa shape index (κ3) is 3.83. The predicted octanol–water partition coefficient (Wildman–Crippen LogP) is 2.99. The number of hydrogen-bond acceptors (Lipinski definition) is 6. The van der Waals surface area contributed by atoms with E-state index in [9.17, 15) is 18.4 Å². The molecule has 2 amide bonds. The van der Waals surface area contributed by atoms with E-state index in [4.69, 9.17) is 14.6 Å². The lowest BCUT2D eigenvalue weighted by atomic mass is 10.1. The average molecular weight is 421 g/mol. The maximum Gasteiger partial charge on any atom is 0.272 e. The summed E-state index contributed by atoms with van der Waals surface area (Å²) >= 11 is 0.960. The molecule has 1 aliphatic rings. The number of nitrogens with zero attached hydrogens (tertiary/aromatic N) is 1. The van der Waals surface area contributed by atoms with E-state index in [1.165, 1.54) is 20.3 Å². The van der Waals surface area contributed by atoms with Crippen LogP contribution in [0.25, 0.3) is 5.57 Å². The molecule has 1 aliphatic heterocycles. The van der Waals surface area contributed by atoms with Crippen LogP contribution in [0.3, 0.4) is 0 Å². The second-order valence-electron chi connectivity index (χ2n) is 5.89. The molecule has 0 fully saturated rings. The number of aliphatic hydroxyl groups is 1. The summed E-state index contributed by atoms with van der Waals surface area (Å²) in [4.78, 5) is 26.7.